The molecule has 0 saturated carbocycles. The maximum atomic E-state index is 12.5. The highest BCUT2D eigenvalue weighted by Crippen LogP contribution is 2.22. The zero-order valence-electron chi connectivity index (χ0n) is 10.7. The summed E-state index contributed by atoms with van der Waals surface area (Å²) in [7, 11) is 0. The van der Waals surface area contributed by atoms with Crippen molar-refractivity contribution < 1.29 is 18.3 Å². The SMILES string of the molecule is C=CC(=O)N1CCC(OC(C)(F)F)CC1.CC. The van der Waals surface area contributed by atoms with E-state index in [0.29, 0.717) is 25.9 Å². The van der Waals surface area contributed by atoms with E-state index in [9.17, 15) is 13.6 Å². The Labute approximate surface area is 101 Å². The lowest BCUT2D eigenvalue weighted by atomic mass is 10.1. The second kappa shape index (κ2) is 7.37. The number of alkyl halides is 2. The van der Waals surface area contributed by atoms with E-state index in [1.54, 1.807) is 4.90 Å². The van der Waals surface area contributed by atoms with Gasteiger partial charge in [0.1, 0.15) is 0 Å². The monoisotopic (exact) mass is 249 g/mol. The van der Waals surface area contributed by atoms with E-state index in [-0.39, 0.29) is 5.91 Å². The fraction of sp³-hybridized carbons (Fsp3) is 0.750. The minimum atomic E-state index is -3.09. The molecular weight excluding hydrogens is 228 g/mol. The lowest BCUT2D eigenvalue weighted by Gasteiger charge is -2.32. The summed E-state index contributed by atoms with van der Waals surface area (Å²) in [5.41, 5.74) is 0. The largest absolute Gasteiger partial charge is 0.353 e. The topological polar surface area (TPSA) is 29.5 Å². The van der Waals surface area contributed by atoms with Gasteiger partial charge in [-0.05, 0) is 18.9 Å². The third-order valence-electron chi connectivity index (χ3n) is 2.30. The Morgan fingerprint density at radius 1 is 1.41 bits per heavy atom. The van der Waals surface area contributed by atoms with Gasteiger partial charge in [0.2, 0.25) is 5.91 Å². The maximum absolute atomic E-state index is 12.5. The normalized spacial score (nSPS) is 17.1. The summed E-state index contributed by atoms with van der Waals surface area (Å²) in [5.74, 6) is -0.156. The molecule has 0 N–H and O–H groups in total. The first-order chi connectivity index (χ1) is 7.92. The number of ether oxygens (including phenoxy) is 1. The quantitative estimate of drug-likeness (QED) is 0.720. The molecule has 1 amide bonds. The number of halogens is 2. The number of amides is 1. The first-order valence-electron chi connectivity index (χ1n) is 5.89. The standard InChI is InChI=1S/C10H15F2NO2.C2H6/c1-3-9(14)13-6-4-8(5-7-13)15-10(2,11)12;1-2/h3,8H,1,4-7H2,2H3;1-2H3. The van der Waals surface area contributed by atoms with Crippen molar-refractivity contribution in [3.05, 3.63) is 12.7 Å². The van der Waals surface area contributed by atoms with Crippen LogP contribution >= 0.6 is 0 Å². The Balaban J connectivity index is 0.00000121. The number of rotatable bonds is 3. The van der Waals surface area contributed by atoms with Crippen molar-refractivity contribution in [1.82, 2.24) is 4.90 Å². The van der Waals surface area contributed by atoms with Gasteiger partial charge in [-0.2, -0.15) is 8.78 Å². The van der Waals surface area contributed by atoms with Crippen LogP contribution in [0, 0.1) is 0 Å². The highest BCUT2D eigenvalue weighted by atomic mass is 19.3. The Morgan fingerprint density at radius 3 is 2.24 bits per heavy atom. The summed E-state index contributed by atoms with van der Waals surface area (Å²) in [5, 5.41) is 0. The van der Waals surface area contributed by atoms with Gasteiger partial charge < -0.3 is 9.64 Å². The number of carbonyl (C=O) groups is 1. The van der Waals surface area contributed by atoms with Gasteiger partial charge >= 0.3 is 6.11 Å². The van der Waals surface area contributed by atoms with Crippen molar-refractivity contribution >= 4 is 5.91 Å². The fourth-order valence-electron chi connectivity index (χ4n) is 1.62. The lowest BCUT2D eigenvalue weighted by Crippen LogP contribution is -2.41. The molecule has 0 bridgehead atoms. The third-order valence-corrected chi connectivity index (χ3v) is 2.30. The Morgan fingerprint density at radius 2 is 1.88 bits per heavy atom. The highest BCUT2D eigenvalue weighted by molar-refractivity contribution is 5.87. The molecule has 1 aliphatic rings. The maximum Gasteiger partial charge on any atom is 0.353 e. The predicted molar refractivity (Wildman–Crippen MR) is 62.9 cm³/mol. The van der Waals surface area contributed by atoms with Crippen LogP contribution in [0.2, 0.25) is 0 Å². The molecule has 1 heterocycles. The van der Waals surface area contributed by atoms with Gasteiger partial charge in [-0.25, -0.2) is 0 Å². The van der Waals surface area contributed by atoms with Crippen LogP contribution in [0.3, 0.4) is 0 Å². The van der Waals surface area contributed by atoms with Gasteiger partial charge in [-0.3, -0.25) is 4.79 Å². The molecule has 100 valence electrons. The number of likely N-dealkylation sites (tertiary alicyclic amines) is 1. The zero-order chi connectivity index (χ0) is 13.5. The van der Waals surface area contributed by atoms with E-state index in [4.69, 9.17) is 0 Å². The van der Waals surface area contributed by atoms with Gasteiger partial charge in [0, 0.05) is 20.0 Å². The molecule has 1 rings (SSSR count). The molecule has 0 aromatic heterocycles. The molecule has 0 aliphatic carbocycles. The van der Waals surface area contributed by atoms with Gasteiger partial charge in [0.25, 0.3) is 0 Å². The first kappa shape index (κ1) is 16.0. The van der Waals surface area contributed by atoms with Crippen molar-refractivity contribution in [2.45, 2.75) is 45.8 Å². The zero-order valence-corrected chi connectivity index (χ0v) is 10.7. The van der Waals surface area contributed by atoms with Crippen molar-refractivity contribution in [3.63, 3.8) is 0 Å². The van der Waals surface area contributed by atoms with Crippen molar-refractivity contribution in [2.24, 2.45) is 0 Å². The molecule has 1 fully saturated rings. The smallest absolute Gasteiger partial charge is 0.339 e. The Hall–Kier alpha value is -0.970. The highest BCUT2D eigenvalue weighted by Gasteiger charge is 2.30. The van der Waals surface area contributed by atoms with Crippen LogP contribution in [0.25, 0.3) is 0 Å². The predicted octanol–water partition coefficient (Wildman–Crippen LogP) is 2.82. The number of nitrogens with zero attached hydrogens (tertiary/aromatic N) is 1. The molecule has 0 unspecified atom stereocenters. The molecule has 0 atom stereocenters. The van der Waals surface area contributed by atoms with E-state index >= 15 is 0 Å². The molecule has 5 heteroatoms. The molecule has 0 aromatic rings. The first-order valence-corrected chi connectivity index (χ1v) is 5.89. The van der Waals surface area contributed by atoms with Crippen LogP contribution < -0.4 is 0 Å². The van der Waals surface area contributed by atoms with E-state index < -0.39 is 12.2 Å². The molecule has 0 radical (unpaired) electrons. The summed E-state index contributed by atoms with van der Waals surface area (Å²) < 4.78 is 29.6. The van der Waals surface area contributed by atoms with E-state index in [0.717, 1.165) is 6.92 Å². The summed E-state index contributed by atoms with van der Waals surface area (Å²) in [4.78, 5) is 12.8. The molecule has 17 heavy (non-hydrogen) atoms. The van der Waals surface area contributed by atoms with Gasteiger partial charge in [-0.1, -0.05) is 20.4 Å². The Bertz CT molecular complexity index is 243. The van der Waals surface area contributed by atoms with Gasteiger partial charge in [-0.15, -0.1) is 0 Å². The lowest BCUT2D eigenvalue weighted by molar-refractivity contribution is -0.255. The van der Waals surface area contributed by atoms with Crippen LogP contribution in [-0.4, -0.2) is 36.1 Å². The van der Waals surface area contributed by atoms with Crippen LogP contribution in [0.15, 0.2) is 12.7 Å². The molecular formula is C12H21F2NO2. The fourth-order valence-corrected chi connectivity index (χ4v) is 1.62. The van der Waals surface area contributed by atoms with E-state index in [1.165, 1.54) is 6.08 Å². The molecule has 3 nitrogen and oxygen atoms in total. The second-order valence-corrected chi connectivity index (χ2v) is 3.65. The summed E-state index contributed by atoms with van der Waals surface area (Å²) in [6, 6.07) is 0. The van der Waals surface area contributed by atoms with Crippen LogP contribution in [-0.2, 0) is 9.53 Å². The molecule has 1 aliphatic heterocycles. The van der Waals surface area contributed by atoms with E-state index in [2.05, 4.69) is 11.3 Å². The molecule has 0 aromatic carbocycles. The minimum absolute atomic E-state index is 0.156. The van der Waals surface area contributed by atoms with Gasteiger partial charge in [0.15, 0.2) is 0 Å². The summed E-state index contributed by atoms with van der Waals surface area (Å²) in [6.07, 6.45) is -1.42. The molecule has 1 saturated heterocycles. The van der Waals surface area contributed by atoms with Crippen molar-refractivity contribution in [3.8, 4) is 0 Å². The third kappa shape index (κ3) is 6.36. The summed E-state index contributed by atoms with van der Waals surface area (Å²) >= 11 is 0. The van der Waals surface area contributed by atoms with Crippen molar-refractivity contribution in [1.29, 1.82) is 0 Å². The minimum Gasteiger partial charge on any atom is -0.339 e. The second-order valence-electron chi connectivity index (χ2n) is 3.65. The number of hydrogen-bond donors (Lipinski definition) is 0. The Kier molecular flexibility index (Phi) is 6.95. The van der Waals surface area contributed by atoms with Crippen LogP contribution in [0.5, 0.6) is 0 Å². The molecule has 0 spiro atoms. The average molecular weight is 249 g/mol. The number of carbonyl (C=O) groups excluding carboxylic acids is 1. The van der Waals surface area contributed by atoms with Crippen LogP contribution in [0.1, 0.15) is 33.6 Å². The van der Waals surface area contributed by atoms with Crippen molar-refractivity contribution in [2.75, 3.05) is 13.1 Å². The van der Waals surface area contributed by atoms with E-state index in [1.807, 2.05) is 13.8 Å². The summed E-state index contributed by atoms with van der Waals surface area (Å²) in [6.45, 7) is 9.00. The van der Waals surface area contributed by atoms with Gasteiger partial charge in [0.05, 0.1) is 6.10 Å². The number of piperidine rings is 1. The average Bonchev–Trinajstić information content (AvgIpc) is 2.29. The number of hydrogen-bond acceptors (Lipinski definition) is 2. The van der Waals surface area contributed by atoms with Crippen LogP contribution in [0.4, 0.5) is 8.78 Å².